The summed E-state index contributed by atoms with van der Waals surface area (Å²) in [6, 6.07) is 9.54. The highest BCUT2D eigenvalue weighted by Gasteiger charge is 2.44. The van der Waals surface area contributed by atoms with Crippen LogP contribution in [0.4, 0.5) is 0 Å². The zero-order valence-electron chi connectivity index (χ0n) is 13.5. The Labute approximate surface area is 132 Å². The molecule has 0 aromatic heterocycles. The first-order chi connectivity index (χ1) is 10.5. The fourth-order valence-corrected chi connectivity index (χ4v) is 3.59. The topological polar surface area (TPSA) is 60.8 Å². The van der Waals surface area contributed by atoms with Gasteiger partial charge in [-0.1, -0.05) is 44.2 Å². The van der Waals surface area contributed by atoms with E-state index in [1.807, 2.05) is 30.3 Å². The molecule has 4 heteroatoms. The molecule has 1 unspecified atom stereocenters. The first kappa shape index (κ1) is 17.0. The maximum atomic E-state index is 12.7. The molecule has 0 spiro atoms. The highest BCUT2D eigenvalue weighted by molar-refractivity contribution is 5.82. The Morgan fingerprint density at radius 2 is 2.00 bits per heavy atom. The van der Waals surface area contributed by atoms with Gasteiger partial charge < -0.3 is 15.1 Å². The number of likely N-dealkylation sites (tertiary alicyclic amines) is 1. The Hall–Kier alpha value is -1.39. The molecule has 1 aromatic rings. The van der Waals surface area contributed by atoms with Crippen molar-refractivity contribution in [2.45, 2.75) is 51.2 Å². The van der Waals surface area contributed by atoms with Crippen LogP contribution >= 0.6 is 0 Å². The van der Waals surface area contributed by atoms with E-state index in [1.54, 1.807) is 4.90 Å². The zero-order valence-corrected chi connectivity index (χ0v) is 13.5. The van der Waals surface area contributed by atoms with Crippen molar-refractivity contribution in [3.63, 3.8) is 0 Å². The van der Waals surface area contributed by atoms with Crippen molar-refractivity contribution in [1.82, 2.24) is 4.90 Å². The van der Waals surface area contributed by atoms with Gasteiger partial charge in [0.2, 0.25) is 0 Å². The Morgan fingerprint density at radius 3 is 2.59 bits per heavy atom. The van der Waals surface area contributed by atoms with E-state index < -0.39 is 11.6 Å². The third kappa shape index (κ3) is 3.68. The van der Waals surface area contributed by atoms with Gasteiger partial charge in [-0.25, -0.2) is 0 Å². The second-order valence-corrected chi connectivity index (χ2v) is 6.78. The van der Waals surface area contributed by atoms with Crippen LogP contribution in [-0.2, 0) is 11.2 Å². The molecule has 22 heavy (non-hydrogen) atoms. The van der Waals surface area contributed by atoms with E-state index in [2.05, 4.69) is 13.8 Å². The molecule has 0 bridgehead atoms. The van der Waals surface area contributed by atoms with Gasteiger partial charge in [-0.05, 0) is 30.7 Å². The number of aliphatic hydroxyl groups is 2. The van der Waals surface area contributed by atoms with Crippen LogP contribution in [0.5, 0.6) is 0 Å². The number of hydrogen-bond acceptors (Lipinski definition) is 3. The van der Waals surface area contributed by atoms with Crippen molar-refractivity contribution < 1.29 is 15.0 Å². The minimum atomic E-state index is -1.04. The number of aliphatic hydroxyl groups excluding tert-OH is 2. The Kier molecular flexibility index (Phi) is 5.59. The van der Waals surface area contributed by atoms with Gasteiger partial charge in [-0.2, -0.15) is 0 Å². The van der Waals surface area contributed by atoms with Gasteiger partial charge in [0.25, 0.3) is 5.91 Å². The summed E-state index contributed by atoms with van der Waals surface area (Å²) in [5.41, 5.74) is 0.448. The molecule has 1 aliphatic heterocycles. The lowest BCUT2D eigenvalue weighted by atomic mass is 9.86. The third-order valence-electron chi connectivity index (χ3n) is 4.50. The van der Waals surface area contributed by atoms with E-state index in [4.69, 9.17) is 0 Å². The van der Waals surface area contributed by atoms with Gasteiger partial charge in [-0.3, -0.25) is 4.79 Å². The normalized spacial score (nSPS) is 23.0. The maximum Gasteiger partial charge on any atom is 0.252 e. The molecule has 4 nitrogen and oxygen atoms in total. The summed E-state index contributed by atoms with van der Waals surface area (Å²) in [6.07, 6.45) is 1.74. The summed E-state index contributed by atoms with van der Waals surface area (Å²) >= 11 is 0. The summed E-state index contributed by atoms with van der Waals surface area (Å²) in [7, 11) is 0. The fraction of sp³-hybridized carbons (Fsp3) is 0.611. The van der Waals surface area contributed by atoms with Crippen LogP contribution in [0.15, 0.2) is 30.3 Å². The third-order valence-corrected chi connectivity index (χ3v) is 4.50. The van der Waals surface area contributed by atoms with E-state index >= 15 is 0 Å². The first-order valence-corrected chi connectivity index (χ1v) is 8.13. The van der Waals surface area contributed by atoms with Gasteiger partial charge in [-0.15, -0.1) is 0 Å². The average Bonchev–Trinajstić information content (AvgIpc) is 2.90. The second-order valence-electron chi connectivity index (χ2n) is 6.78. The molecule has 1 aliphatic rings. The van der Waals surface area contributed by atoms with E-state index in [1.165, 1.54) is 0 Å². The van der Waals surface area contributed by atoms with Crippen LogP contribution in [0.1, 0.15) is 38.7 Å². The molecular weight excluding hydrogens is 278 g/mol. The monoisotopic (exact) mass is 305 g/mol. The summed E-state index contributed by atoms with van der Waals surface area (Å²) < 4.78 is 0. The standard InChI is InChI=1S/C18H27NO3/c1-14(2)12-18(13-20)9-6-10-19(18)17(22)16(21)11-15-7-4-3-5-8-15/h3-5,7-8,14,16,20-21H,6,9-13H2,1-2H3/t16-,18?/m0/s1. The number of hydrogen-bond donors (Lipinski definition) is 2. The molecule has 1 heterocycles. The van der Waals surface area contributed by atoms with Gasteiger partial charge in [0, 0.05) is 13.0 Å². The van der Waals surface area contributed by atoms with Crippen LogP contribution in [0.2, 0.25) is 0 Å². The van der Waals surface area contributed by atoms with Crippen molar-refractivity contribution in [3.8, 4) is 0 Å². The minimum Gasteiger partial charge on any atom is -0.394 e. The van der Waals surface area contributed by atoms with E-state index in [0.29, 0.717) is 18.9 Å². The number of amides is 1. The van der Waals surface area contributed by atoms with Crippen LogP contribution in [0.25, 0.3) is 0 Å². The van der Waals surface area contributed by atoms with Crippen molar-refractivity contribution in [3.05, 3.63) is 35.9 Å². The highest BCUT2D eigenvalue weighted by atomic mass is 16.3. The Morgan fingerprint density at radius 1 is 1.32 bits per heavy atom. The van der Waals surface area contributed by atoms with Gasteiger partial charge in [0.1, 0.15) is 6.10 Å². The van der Waals surface area contributed by atoms with E-state index in [-0.39, 0.29) is 12.5 Å². The molecule has 1 aromatic carbocycles. The molecule has 1 amide bonds. The zero-order chi connectivity index (χ0) is 16.2. The highest BCUT2D eigenvalue weighted by Crippen LogP contribution is 2.35. The summed E-state index contributed by atoms with van der Waals surface area (Å²) in [5.74, 6) is 0.142. The average molecular weight is 305 g/mol. The lowest BCUT2D eigenvalue weighted by Crippen LogP contribution is -2.54. The lowest BCUT2D eigenvalue weighted by Gasteiger charge is -2.39. The number of nitrogens with zero attached hydrogens (tertiary/aromatic N) is 1. The fourth-order valence-electron chi connectivity index (χ4n) is 3.59. The summed E-state index contributed by atoms with van der Waals surface area (Å²) in [4.78, 5) is 14.4. The Balaban J connectivity index is 2.09. The number of rotatable bonds is 6. The van der Waals surface area contributed by atoms with Crippen LogP contribution in [-0.4, -0.2) is 45.8 Å². The maximum absolute atomic E-state index is 12.7. The van der Waals surface area contributed by atoms with Crippen LogP contribution in [0.3, 0.4) is 0 Å². The van der Waals surface area contributed by atoms with E-state index in [9.17, 15) is 15.0 Å². The van der Waals surface area contributed by atoms with Crippen molar-refractivity contribution in [2.24, 2.45) is 5.92 Å². The van der Waals surface area contributed by atoms with Gasteiger partial charge in [0.15, 0.2) is 0 Å². The minimum absolute atomic E-state index is 0.0328. The van der Waals surface area contributed by atoms with Gasteiger partial charge >= 0.3 is 0 Å². The Bertz CT molecular complexity index is 488. The van der Waals surface area contributed by atoms with Crippen LogP contribution < -0.4 is 0 Å². The molecule has 1 fully saturated rings. The molecule has 1 saturated heterocycles. The molecule has 0 radical (unpaired) electrons. The predicted octanol–water partition coefficient (Wildman–Crippen LogP) is 1.99. The largest absolute Gasteiger partial charge is 0.394 e. The first-order valence-electron chi connectivity index (χ1n) is 8.13. The summed E-state index contributed by atoms with van der Waals surface area (Å²) in [6.45, 7) is 4.78. The second kappa shape index (κ2) is 7.25. The van der Waals surface area contributed by atoms with Crippen molar-refractivity contribution in [2.75, 3.05) is 13.2 Å². The quantitative estimate of drug-likeness (QED) is 0.845. The smallest absolute Gasteiger partial charge is 0.252 e. The lowest BCUT2D eigenvalue weighted by molar-refractivity contribution is -0.146. The van der Waals surface area contributed by atoms with Gasteiger partial charge in [0.05, 0.1) is 12.1 Å². The molecule has 2 atom stereocenters. The number of carbonyl (C=O) groups excluding carboxylic acids is 1. The van der Waals surface area contributed by atoms with Crippen LogP contribution in [0, 0.1) is 5.92 Å². The van der Waals surface area contributed by atoms with E-state index in [0.717, 1.165) is 24.8 Å². The van der Waals surface area contributed by atoms with Crippen molar-refractivity contribution in [1.29, 1.82) is 0 Å². The molecule has 0 saturated carbocycles. The molecular formula is C18H27NO3. The van der Waals surface area contributed by atoms with Crippen molar-refractivity contribution >= 4 is 5.91 Å². The molecule has 122 valence electrons. The SMILES string of the molecule is CC(C)CC1(CO)CCCN1C(=O)[C@@H](O)Cc1ccccc1. The molecule has 0 aliphatic carbocycles. The number of benzene rings is 1. The molecule has 2 N–H and O–H groups in total. The number of carbonyl (C=O) groups is 1. The summed E-state index contributed by atoms with van der Waals surface area (Å²) in [5, 5.41) is 20.2. The molecule has 2 rings (SSSR count). The predicted molar refractivity (Wildman–Crippen MR) is 86.4 cm³/mol.